The van der Waals surface area contributed by atoms with Crippen molar-refractivity contribution in [2.24, 2.45) is 5.92 Å². The molecule has 0 spiro atoms. The van der Waals surface area contributed by atoms with Gasteiger partial charge in [-0.25, -0.2) is 4.39 Å². The summed E-state index contributed by atoms with van der Waals surface area (Å²) in [5, 5.41) is 2.85. The van der Waals surface area contributed by atoms with Crippen molar-refractivity contribution in [3.8, 4) is 0 Å². The van der Waals surface area contributed by atoms with Crippen molar-refractivity contribution in [3.05, 3.63) is 33.1 Å². The molecular weight excluding hydrogens is 308 g/mol. The average Bonchev–Trinajstić information content (AvgIpc) is 2.97. The molecule has 2 nitrogen and oxygen atoms in total. The maximum Gasteiger partial charge on any atom is 0.252 e. The molecule has 0 bridgehead atoms. The first-order valence-electron chi connectivity index (χ1n) is 4.90. The molecule has 0 heterocycles. The molecule has 1 aromatic rings. The van der Waals surface area contributed by atoms with E-state index in [0.717, 1.165) is 6.54 Å². The number of benzene rings is 1. The number of hydrogen-bond donors (Lipinski definition) is 1. The van der Waals surface area contributed by atoms with Crippen LogP contribution in [0.4, 0.5) is 4.39 Å². The molecule has 1 aliphatic carbocycles. The molecular formula is C11H11FINO. The summed E-state index contributed by atoms with van der Waals surface area (Å²) >= 11 is 1.97. The normalized spacial score (nSPS) is 15.1. The fourth-order valence-electron chi connectivity index (χ4n) is 1.33. The molecule has 0 atom stereocenters. The van der Waals surface area contributed by atoms with Crippen LogP contribution in [0.15, 0.2) is 18.2 Å². The van der Waals surface area contributed by atoms with Crippen LogP contribution >= 0.6 is 22.6 Å². The summed E-state index contributed by atoms with van der Waals surface area (Å²) in [7, 11) is 0. The van der Waals surface area contributed by atoms with Crippen molar-refractivity contribution in [1.29, 1.82) is 0 Å². The van der Waals surface area contributed by atoms with Gasteiger partial charge in [0.05, 0.1) is 5.56 Å². The fraction of sp³-hybridized carbons (Fsp3) is 0.364. The van der Waals surface area contributed by atoms with Gasteiger partial charge in [-0.05, 0) is 59.5 Å². The summed E-state index contributed by atoms with van der Waals surface area (Å²) in [5.41, 5.74) is 0.553. The monoisotopic (exact) mass is 319 g/mol. The molecule has 80 valence electrons. The van der Waals surface area contributed by atoms with Crippen molar-refractivity contribution in [1.82, 2.24) is 5.32 Å². The molecule has 0 aliphatic heterocycles. The maximum absolute atomic E-state index is 12.8. The minimum Gasteiger partial charge on any atom is -0.352 e. The SMILES string of the molecule is O=C(NCC1CC1)c1ccc(F)cc1I. The van der Waals surface area contributed by atoms with Crippen molar-refractivity contribution >= 4 is 28.5 Å². The molecule has 4 heteroatoms. The molecule has 0 aromatic heterocycles. The summed E-state index contributed by atoms with van der Waals surface area (Å²) in [5.74, 6) is 0.247. The van der Waals surface area contributed by atoms with Gasteiger partial charge in [-0.1, -0.05) is 0 Å². The molecule has 1 aliphatic rings. The van der Waals surface area contributed by atoms with Crippen LogP contribution in [0.25, 0.3) is 0 Å². The van der Waals surface area contributed by atoms with Crippen LogP contribution in [0.1, 0.15) is 23.2 Å². The molecule has 0 saturated heterocycles. The maximum atomic E-state index is 12.8. The standard InChI is InChI=1S/C11H11FINO/c12-8-3-4-9(10(13)5-8)11(15)14-6-7-1-2-7/h3-5,7H,1-2,6H2,(H,14,15). The summed E-state index contributed by atoms with van der Waals surface area (Å²) in [6, 6.07) is 4.21. The van der Waals surface area contributed by atoms with Crippen LogP contribution < -0.4 is 5.32 Å². The van der Waals surface area contributed by atoms with E-state index in [9.17, 15) is 9.18 Å². The summed E-state index contributed by atoms with van der Waals surface area (Å²) in [4.78, 5) is 11.7. The predicted molar refractivity (Wildman–Crippen MR) is 64.2 cm³/mol. The quantitative estimate of drug-likeness (QED) is 0.853. The second-order valence-electron chi connectivity index (χ2n) is 3.78. The zero-order valence-corrected chi connectivity index (χ0v) is 10.3. The molecule has 2 rings (SSSR count). The van der Waals surface area contributed by atoms with E-state index in [0.29, 0.717) is 15.1 Å². The molecule has 0 radical (unpaired) electrons. The van der Waals surface area contributed by atoms with Crippen molar-refractivity contribution < 1.29 is 9.18 Å². The van der Waals surface area contributed by atoms with E-state index in [1.54, 1.807) is 0 Å². The number of carbonyl (C=O) groups excluding carboxylic acids is 1. The molecule has 1 amide bonds. The van der Waals surface area contributed by atoms with Gasteiger partial charge in [0.25, 0.3) is 5.91 Å². The van der Waals surface area contributed by atoms with Gasteiger partial charge in [0.15, 0.2) is 0 Å². The van der Waals surface area contributed by atoms with Crippen molar-refractivity contribution in [2.75, 3.05) is 6.54 Å². The van der Waals surface area contributed by atoms with Gasteiger partial charge < -0.3 is 5.32 Å². The smallest absolute Gasteiger partial charge is 0.252 e. The van der Waals surface area contributed by atoms with Gasteiger partial charge in [0, 0.05) is 10.1 Å². The Morgan fingerprint density at radius 3 is 2.87 bits per heavy atom. The third kappa shape index (κ3) is 2.90. The average molecular weight is 319 g/mol. The molecule has 1 fully saturated rings. The summed E-state index contributed by atoms with van der Waals surface area (Å²) in [6.45, 7) is 0.742. The molecule has 0 unspecified atom stereocenters. The van der Waals surface area contributed by atoms with Crippen LogP contribution in [0.2, 0.25) is 0 Å². The fourth-order valence-corrected chi connectivity index (χ4v) is 2.05. The number of carbonyl (C=O) groups is 1. The highest BCUT2D eigenvalue weighted by Crippen LogP contribution is 2.27. The van der Waals surface area contributed by atoms with E-state index in [4.69, 9.17) is 0 Å². The Morgan fingerprint density at radius 1 is 1.53 bits per heavy atom. The Hall–Kier alpha value is -0.650. The lowest BCUT2D eigenvalue weighted by molar-refractivity contribution is 0.0951. The second-order valence-corrected chi connectivity index (χ2v) is 4.94. The first-order valence-corrected chi connectivity index (χ1v) is 5.98. The number of nitrogens with one attached hydrogen (secondary N) is 1. The van der Waals surface area contributed by atoms with E-state index in [2.05, 4.69) is 5.32 Å². The zero-order valence-electron chi connectivity index (χ0n) is 8.09. The number of amides is 1. The molecule has 1 aromatic carbocycles. The van der Waals surface area contributed by atoms with E-state index in [1.165, 1.54) is 31.0 Å². The molecule has 15 heavy (non-hydrogen) atoms. The number of hydrogen-bond acceptors (Lipinski definition) is 1. The van der Waals surface area contributed by atoms with Crippen molar-refractivity contribution in [2.45, 2.75) is 12.8 Å². The Balaban J connectivity index is 2.03. The van der Waals surface area contributed by atoms with Gasteiger partial charge in [-0.15, -0.1) is 0 Å². The van der Waals surface area contributed by atoms with E-state index in [-0.39, 0.29) is 11.7 Å². The van der Waals surface area contributed by atoms with Crippen LogP contribution in [0, 0.1) is 15.3 Å². The summed E-state index contributed by atoms with van der Waals surface area (Å²) < 4.78 is 13.5. The van der Waals surface area contributed by atoms with E-state index >= 15 is 0 Å². The minimum absolute atomic E-state index is 0.105. The predicted octanol–water partition coefficient (Wildman–Crippen LogP) is 2.57. The number of halogens is 2. The highest BCUT2D eigenvalue weighted by atomic mass is 127. The third-order valence-corrected chi connectivity index (χ3v) is 3.32. The third-order valence-electron chi connectivity index (χ3n) is 2.42. The first kappa shape index (κ1) is 10.9. The Labute approximate surface area is 101 Å². The lowest BCUT2D eigenvalue weighted by Crippen LogP contribution is -2.26. The lowest BCUT2D eigenvalue weighted by Gasteiger charge is -2.05. The number of rotatable bonds is 3. The minimum atomic E-state index is -0.307. The van der Waals surface area contributed by atoms with Gasteiger partial charge in [0.1, 0.15) is 5.82 Å². The van der Waals surface area contributed by atoms with Gasteiger partial charge >= 0.3 is 0 Å². The van der Waals surface area contributed by atoms with Crippen molar-refractivity contribution in [3.63, 3.8) is 0 Å². The summed E-state index contributed by atoms with van der Waals surface area (Å²) in [6.07, 6.45) is 2.42. The van der Waals surface area contributed by atoms with Crippen LogP contribution in [0.5, 0.6) is 0 Å². The highest BCUT2D eigenvalue weighted by molar-refractivity contribution is 14.1. The van der Waals surface area contributed by atoms with Crippen LogP contribution in [0.3, 0.4) is 0 Å². The van der Waals surface area contributed by atoms with Gasteiger partial charge in [0.2, 0.25) is 0 Å². The van der Waals surface area contributed by atoms with Crippen LogP contribution in [-0.4, -0.2) is 12.5 Å². The molecule has 1 saturated carbocycles. The zero-order chi connectivity index (χ0) is 10.8. The molecule has 1 N–H and O–H groups in total. The Morgan fingerprint density at radius 2 is 2.27 bits per heavy atom. The second kappa shape index (κ2) is 4.47. The van der Waals surface area contributed by atoms with E-state index in [1.807, 2.05) is 22.6 Å². The largest absolute Gasteiger partial charge is 0.352 e. The van der Waals surface area contributed by atoms with E-state index < -0.39 is 0 Å². The highest BCUT2D eigenvalue weighted by Gasteiger charge is 2.22. The first-order chi connectivity index (χ1) is 7.16. The van der Waals surface area contributed by atoms with Gasteiger partial charge in [-0.2, -0.15) is 0 Å². The Kier molecular flexibility index (Phi) is 3.23. The topological polar surface area (TPSA) is 29.1 Å². The lowest BCUT2D eigenvalue weighted by atomic mass is 10.2. The van der Waals surface area contributed by atoms with Gasteiger partial charge in [-0.3, -0.25) is 4.79 Å². The van der Waals surface area contributed by atoms with Crippen LogP contribution in [-0.2, 0) is 0 Å². The Bertz CT molecular complexity index is 390.